The summed E-state index contributed by atoms with van der Waals surface area (Å²) in [5, 5.41) is 2.44. The number of carbonyl (C=O) groups excluding carboxylic acids is 2. The second-order valence-electron chi connectivity index (χ2n) is 4.86. The SMILES string of the molecule is CC(NC(=O)c1ncccc1OCc1ccc(F)cc1)C(N)=O. The van der Waals surface area contributed by atoms with Gasteiger partial charge in [0.15, 0.2) is 11.4 Å². The molecule has 0 radical (unpaired) electrons. The molecule has 0 spiro atoms. The van der Waals surface area contributed by atoms with Gasteiger partial charge in [0.05, 0.1) is 0 Å². The van der Waals surface area contributed by atoms with Crippen molar-refractivity contribution in [3.63, 3.8) is 0 Å². The number of halogens is 1. The van der Waals surface area contributed by atoms with Crippen molar-refractivity contribution in [3.05, 3.63) is 59.7 Å². The van der Waals surface area contributed by atoms with Crippen LogP contribution < -0.4 is 15.8 Å². The molecule has 0 bridgehead atoms. The molecule has 120 valence electrons. The molecule has 7 heteroatoms. The van der Waals surface area contributed by atoms with Gasteiger partial charge >= 0.3 is 0 Å². The summed E-state index contributed by atoms with van der Waals surface area (Å²) < 4.78 is 18.4. The van der Waals surface area contributed by atoms with Gasteiger partial charge in [-0.2, -0.15) is 0 Å². The summed E-state index contributed by atoms with van der Waals surface area (Å²) in [6.45, 7) is 1.62. The number of aromatic nitrogens is 1. The first-order chi connectivity index (χ1) is 11.0. The van der Waals surface area contributed by atoms with E-state index in [2.05, 4.69) is 10.3 Å². The molecular formula is C16H16FN3O3. The molecule has 1 heterocycles. The lowest BCUT2D eigenvalue weighted by atomic mass is 10.2. The topological polar surface area (TPSA) is 94.3 Å². The third kappa shape index (κ3) is 4.50. The predicted octanol–water partition coefficient (Wildman–Crippen LogP) is 1.40. The summed E-state index contributed by atoms with van der Waals surface area (Å²) in [6, 6.07) is 8.19. The lowest BCUT2D eigenvalue weighted by molar-refractivity contribution is -0.119. The Bertz CT molecular complexity index is 704. The van der Waals surface area contributed by atoms with Crippen LogP contribution >= 0.6 is 0 Å². The molecule has 1 aromatic carbocycles. The molecule has 2 rings (SSSR count). The lowest BCUT2D eigenvalue weighted by Crippen LogP contribution is -2.42. The Morgan fingerprint density at radius 2 is 2.00 bits per heavy atom. The second-order valence-corrected chi connectivity index (χ2v) is 4.86. The van der Waals surface area contributed by atoms with Crippen LogP contribution in [0.2, 0.25) is 0 Å². The molecule has 0 fully saturated rings. The average molecular weight is 317 g/mol. The van der Waals surface area contributed by atoms with E-state index in [9.17, 15) is 14.0 Å². The zero-order chi connectivity index (χ0) is 16.8. The highest BCUT2D eigenvalue weighted by Gasteiger charge is 2.18. The number of benzene rings is 1. The summed E-state index contributed by atoms with van der Waals surface area (Å²) >= 11 is 0. The third-order valence-corrected chi connectivity index (χ3v) is 3.07. The number of nitrogens with two attached hydrogens (primary N) is 1. The first-order valence-corrected chi connectivity index (χ1v) is 6.90. The highest BCUT2D eigenvalue weighted by molar-refractivity contribution is 5.97. The largest absolute Gasteiger partial charge is 0.486 e. The van der Waals surface area contributed by atoms with Crippen molar-refractivity contribution in [2.24, 2.45) is 5.73 Å². The number of hydrogen-bond donors (Lipinski definition) is 2. The molecule has 0 aliphatic heterocycles. The number of carbonyl (C=O) groups is 2. The Morgan fingerprint density at radius 3 is 2.65 bits per heavy atom. The van der Waals surface area contributed by atoms with Crippen LogP contribution in [0.3, 0.4) is 0 Å². The van der Waals surface area contributed by atoms with Gasteiger partial charge in [0, 0.05) is 6.20 Å². The minimum absolute atomic E-state index is 0.0442. The van der Waals surface area contributed by atoms with Crippen LogP contribution in [-0.2, 0) is 11.4 Å². The van der Waals surface area contributed by atoms with Gasteiger partial charge in [0.1, 0.15) is 18.5 Å². The van der Waals surface area contributed by atoms with Crippen molar-refractivity contribution < 1.29 is 18.7 Å². The minimum Gasteiger partial charge on any atom is -0.486 e. The highest BCUT2D eigenvalue weighted by atomic mass is 19.1. The highest BCUT2D eigenvalue weighted by Crippen LogP contribution is 2.17. The van der Waals surface area contributed by atoms with E-state index in [1.807, 2.05) is 0 Å². The van der Waals surface area contributed by atoms with Crippen LogP contribution in [0.15, 0.2) is 42.6 Å². The summed E-state index contributed by atoms with van der Waals surface area (Å²) in [7, 11) is 0. The van der Waals surface area contributed by atoms with E-state index >= 15 is 0 Å². The summed E-state index contributed by atoms with van der Waals surface area (Å²) in [5.41, 5.74) is 5.90. The number of rotatable bonds is 6. The molecule has 23 heavy (non-hydrogen) atoms. The predicted molar refractivity (Wildman–Crippen MR) is 81.1 cm³/mol. The number of hydrogen-bond acceptors (Lipinski definition) is 4. The van der Waals surface area contributed by atoms with Gasteiger partial charge in [0.2, 0.25) is 5.91 Å². The lowest BCUT2D eigenvalue weighted by Gasteiger charge is -2.13. The van der Waals surface area contributed by atoms with E-state index in [0.717, 1.165) is 5.56 Å². The van der Waals surface area contributed by atoms with E-state index in [1.54, 1.807) is 24.3 Å². The molecule has 6 nitrogen and oxygen atoms in total. The maximum absolute atomic E-state index is 12.9. The fourth-order valence-electron chi connectivity index (χ4n) is 1.76. The Labute approximate surface area is 132 Å². The van der Waals surface area contributed by atoms with Gasteiger partial charge in [-0.15, -0.1) is 0 Å². The van der Waals surface area contributed by atoms with Crippen molar-refractivity contribution >= 4 is 11.8 Å². The average Bonchev–Trinajstić information content (AvgIpc) is 2.54. The van der Waals surface area contributed by atoms with Crippen LogP contribution in [0.1, 0.15) is 23.0 Å². The summed E-state index contributed by atoms with van der Waals surface area (Å²) in [6.07, 6.45) is 1.44. The maximum Gasteiger partial charge on any atom is 0.274 e. The van der Waals surface area contributed by atoms with Crippen LogP contribution in [0.4, 0.5) is 4.39 Å². The quantitative estimate of drug-likeness (QED) is 0.842. The molecular weight excluding hydrogens is 301 g/mol. The molecule has 2 amide bonds. The fourth-order valence-corrected chi connectivity index (χ4v) is 1.76. The Balaban J connectivity index is 2.09. The number of pyridine rings is 1. The molecule has 0 aliphatic rings. The van der Waals surface area contributed by atoms with Crippen LogP contribution in [0.25, 0.3) is 0 Å². The molecule has 2 aromatic rings. The monoisotopic (exact) mass is 317 g/mol. The molecule has 1 unspecified atom stereocenters. The van der Waals surface area contributed by atoms with Crippen LogP contribution in [0.5, 0.6) is 5.75 Å². The molecule has 0 aliphatic carbocycles. The van der Waals surface area contributed by atoms with E-state index in [-0.39, 0.29) is 23.9 Å². The number of ether oxygens (including phenoxy) is 1. The molecule has 1 aromatic heterocycles. The Morgan fingerprint density at radius 1 is 1.30 bits per heavy atom. The van der Waals surface area contributed by atoms with Crippen LogP contribution in [0, 0.1) is 5.82 Å². The van der Waals surface area contributed by atoms with E-state index in [1.165, 1.54) is 25.3 Å². The van der Waals surface area contributed by atoms with Crippen molar-refractivity contribution in [2.45, 2.75) is 19.6 Å². The third-order valence-electron chi connectivity index (χ3n) is 3.07. The first kappa shape index (κ1) is 16.4. The van der Waals surface area contributed by atoms with E-state index in [0.29, 0.717) is 0 Å². The molecule has 0 saturated heterocycles. The van der Waals surface area contributed by atoms with E-state index in [4.69, 9.17) is 10.5 Å². The minimum atomic E-state index is -0.825. The second kappa shape index (κ2) is 7.35. The van der Waals surface area contributed by atoms with Gasteiger partial charge in [0.25, 0.3) is 5.91 Å². The number of nitrogens with zero attached hydrogens (tertiary/aromatic N) is 1. The zero-order valence-electron chi connectivity index (χ0n) is 12.5. The number of primary amides is 1. The Kier molecular flexibility index (Phi) is 5.24. The Hall–Kier alpha value is -2.96. The van der Waals surface area contributed by atoms with Crippen molar-refractivity contribution in [2.75, 3.05) is 0 Å². The van der Waals surface area contributed by atoms with Gasteiger partial charge < -0.3 is 15.8 Å². The molecule has 3 N–H and O–H groups in total. The van der Waals surface area contributed by atoms with Crippen molar-refractivity contribution in [3.8, 4) is 5.75 Å². The summed E-state index contributed by atoms with van der Waals surface area (Å²) in [5.74, 6) is -1.30. The van der Waals surface area contributed by atoms with Gasteiger partial charge in [-0.25, -0.2) is 9.37 Å². The summed E-state index contributed by atoms with van der Waals surface area (Å²) in [4.78, 5) is 27.1. The number of nitrogens with one attached hydrogen (secondary N) is 1. The number of amides is 2. The van der Waals surface area contributed by atoms with Crippen molar-refractivity contribution in [1.29, 1.82) is 0 Å². The maximum atomic E-state index is 12.9. The fraction of sp³-hybridized carbons (Fsp3) is 0.188. The smallest absolute Gasteiger partial charge is 0.274 e. The standard InChI is InChI=1S/C16H16FN3O3/c1-10(15(18)21)20-16(22)14-13(3-2-8-19-14)23-9-11-4-6-12(17)7-5-11/h2-8,10H,9H2,1H3,(H2,18,21)(H,20,22). The van der Waals surface area contributed by atoms with Gasteiger partial charge in [-0.1, -0.05) is 12.1 Å². The molecule has 1 atom stereocenters. The van der Waals surface area contributed by atoms with Gasteiger partial charge in [-0.05, 0) is 36.8 Å². The van der Waals surface area contributed by atoms with Gasteiger partial charge in [-0.3, -0.25) is 9.59 Å². The normalized spacial score (nSPS) is 11.6. The van der Waals surface area contributed by atoms with Crippen molar-refractivity contribution in [1.82, 2.24) is 10.3 Å². The molecule has 0 saturated carbocycles. The van der Waals surface area contributed by atoms with E-state index < -0.39 is 17.9 Å². The zero-order valence-corrected chi connectivity index (χ0v) is 12.5. The first-order valence-electron chi connectivity index (χ1n) is 6.90. The van der Waals surface area contributed by atoms with Crippen LogP contribution in [-0.4, -0.2) is 22.8 Å².